The molecule has 2 heterocycles. The Morgan fingerprint density at radius 3 is 2.63 bits per heavy atom. The van der Waals surface area contributed by atoms with Crippen LogP contribution in [-0.2, 0) is 6.54 Å². The molecule has 1 aliphatic rings. The van der Waals surface area contributed by atoms with Crippen LogP contribution in [0.1, 0.15) is 11.1 Å². The van der Waals surface area contributed by atoms with Crippen molar-refractivity contribution >= 4 is 23.2 Å². The van der Waals surface area contributed by atoms with Crippen molar-refractivity contribution in [3.05, 3.63) is 98.2 Å². The van der Waals surface area contributed by atoms with Crippen LogP contribution in [0.15, 0.2) is 82.2 Å². The third-order valence-electron chi connectivity index (χ3n) is 5.34. The van der Waals surface area contributed by atoms with E-state index in [0.29, 0.717) is 28.6 Å². The maximum Gasteiger partial charge on any atom is 0.282 e. The van der Waals surface area contributed by atoms with Gasteiger partial charge in [0, 0.05) is 10.9 Å². The van der Waals surface area contributed by atoms with Crippen molar-refractivity contribution in [3.63, 3.8) is 0 Å². The summed E-state index contributed by atoms with van der Waals surface area (Å²) < 4.78 is 17.9. The highest BCUT2D eigenvalue weighted by Crippen LogP contribution is 2.37. The normalized spacial score (nSPS) is 12.9. The fourth-order valence-corrected chi connectivity index (χ4v) is 4.46. The van der Waals surface area contributed by atoms with E-state index in [1.54, 1.807) is 17.9 Å². The van der Waals surface area contributed by atoms with Crippen molar-refractivity contribution in [2.24, 2.45) is 10.1 Å². The number of nitrogens with zero attached hydrogens (tertiary/aromatic N) is 4. The van der Waals surface area contributed by atoms with Crippen molar-refractivity contribution in [2.75, 3.05) is 13.9 Å². The SMILES string of the molecule is COc1ccccc1-c1csc(=NCc2ccccc2)n1N=Cc1cc2c(cc1[N+](=O)[O-])OCO2. The van der Waals surface area contributed by atoms with Crippen LogP contribution >= 0.6 is 11.3 Å². The predicted octanol–water partition coefficient (Wildman–Crippen LogP) is 4.85. The van der Waals surface area contributed by atoms with Gasteiger partial charge in [0.25, 0.3) is 5.69 Å². The van der Waals surface area contributed by atoms with Gasteiger partial charge in [-0.2, -0.15) is 5.10 Å². The van der Waals surface area contributed by atoms with Gasteiger partial charge in [0.05, 0.1) is 42.1 Å². The second-order valence-corrected chi connectivity index (χ2v) is 8.32. The van der Waals surface area contributed by atoms with Crippen LogP contribution in [0.2, 0.25) is 0 Å². The molecule has 0 N–H and O–H groups in total. The number of nitro groups is 1. The summed E-state index contributed by atoms with van der Waals surface area (Å²) in [5.74, 6) is 1.45. The molecule has 0 aliphatic carbocycles. The van der Waals surface area contributed by atoms with E-state index >= 15 is 0 Å². The van der Waals surface area contributed by atoms with Crippen molar-refractivity contribution in [1.82, 2.24) is 4.68 Å². The van der Waals surface area contributed by atoms with Gasteiger partial charge < -0.3 is 14.2 Å². The first-order valence-electron chi connectivity index (χ1n) is 10.6. The van der Waals surface area contributed by atoms with Crippen LogP contribution in [-0.4, -0.2) is 29.7 Å². The third-order valence-corrected chi connectivity index (χ3v) is 6.19. The molecule has 5 rings (SSSR count). The van der Waals surface area contributed by atoms with Gasteiger partial charge in [-0.05, 0) is 23.8 Å². The van der Waals surface area contributed by atoms with E-state index in [1.165, 1.54) is 23.6 Å². The fourth-order valence-electron chi connectivity index (χ4n) is 3.63. The zero-order chi connectivity index (χ0) is 24.2. The van der Waals surface area contributed by atoms with Crippen molar-refractivity contribution in [2.45, 2.75) is 6.54 Å². The number of hydrogen-bond donors (Lipinski definition) is 0. The molecular weight excluding hydrogens is 468 g/mol. The van der Waals surface area contributed by atoms with Crippen LogP contribution in [0.3, 0.4) is 0 Å². The largest absolute Gasteiger partial charge is 0.496 e. The monoisotopic (exact) mass is 488 g/mol. The summed E-state index contributed by atoms with van der Waals surface area (Å²) in [4.78, 5) is 16.6. The minimum Gasteiger partial charge on any atom is -0.496 e. The summed E-state index contributed by atoms with van der Waals surface area (Å²) in [7, 11) is 1.61. The summed E-state index contributed by atoms with van der Waals surface area (Å²) in [6.45, 7) is 0.485. The number of aromatic nitrogens is 1. The van der Waals surface area contributed by atoms with Gasteiger partial charge >= 0.3 is 0 Å². The molecule has 0 radical (unpaired) electrons. The number of rotatable bonds is 7. The van der Waals surface area contributed by atoms with E-state index in [0.717, 1.165) is 16.8 Å². The van der Waals surface area contributed by atoms with Crippen molar-refractivity contribution < 1.29 is 19.1 Å². The molecule has 3 aromatic carbocycles. The third kappa shape index (κ3) is 4.64. The number of hydrogen-bond acceptors (Lipinski definition) is 8. The van der Waals surface area contributed by atoms with E-state index in [4.69, 9.17) is 19.2 Å². The summed E-state index contributed by atoms with van der Waals surface area (Å²) in [5, 5.41) is 18.2. The Kier molecular flexibility index (Phi) is 6.27. The van der Waals surface area contributed by atoms with Gasteiger partial charge in [-0.25, -0.2) is 4.68 Å². The van der Waals surface area contributed by atoms with Crippen LogP contribution in [0, 0.1) is 10.1 Å². The van der Waals surface area contributed by atoms with E-state index in [2.05, 4.69) is 5.10 Å². The average Bonchev–Trinajstić information content (AvgIpc) is 3.52. The smallest absolute Gasteiger partial charge is 0.282 e. The molecule has 0 saturated carbocycles. The van der Waals surface area contributed by atoms with Crippen molar-refractivity contribution in [1.29, 1.82) is 0 Å². The number of benzene rings is 3. The minimum absolute atomic E-state index is 0.0207. The Hall–Kier alpha value is -4.44. The topological polar surface area (TPSA) is 100 Å². The minimum atomic E-state index is -0.469. The Morgan fingerprint density at radius 1 is 1.11 bits per heavy atom. The first kappa shape index (κ1) is 22.4. The molecule has 176 valence electrons. The standard InChI is InChI=1S/C25H20N4O5S/c1-32-22-10-6-5-9-19(22)21-15-35-25(26-13-17-7-3-2-4-8-17)28(21)27-14-18-11-23-24(34-16-33-23)12-20(18)29(30)31/h2-12,14-15H,13,16H2,1H3. The summed E-state index contributed by atoms with van der Waals surface area (Å²) in [6.07, 6.45) is 1.44. The molecule has 1 aromatic heterocycles. The summed E-state index contributed by atoms with van der Waals surface area (Å²) >= 11 is 1.42. The number of nitro benzene ring substituents is 1. The maximum atomic E-state index is 11.7. The summed E-state index contributed by atoms with van der Waals surface area (Å²) in [5.41, 5.74) is 2.79. The van der Waals surface area contributed by atoms with Gasteiger partial charge in [0.2, 0.25) is 11.6 Å². The molecule has 4 aromatic rings. The summed E-state index contributed by atoms with van der Waals surface area (Å²) in [6, 6.07) is 20.4. The van der Waals surface area contributed by atoms with Gasteiger partial charge in [-0.1, -0.05) is 42.5 Å². The number of ether oxygens (including phenoxy) is 3. The molecule has 0 spiro atoms. The van der Waals surface area contributed by atoms with Crippen molar-refractivity contribution in [3.8, 4) is 28.5 Å². The molecule has 0 saturated heterocycles. The highest BCUT2D eigenvalue weighted by molar-refractivity contribution is 7.07. The molecule has 0 unspecified atom stereocenters. The van der Waals surface area contributed by atoms with Gasteiger partial charge in [0.15, 0.2) is 11.5 Å². The second-order valence-electron chi connectivity index (χ2n) is 7.48. The van der Waals surface area contributed by atoms with E-state index in [-0.39, 0.29) is 18.0 Å². The Bertz CT molecular complexity index is 1480. The number of para-hydroxylation sites is 1. The Morgan fingerprint density at radius 2 is 1.86 bits per heavy atom. The number of thiazole rings is 1. The molecule has 0 fully saturated rings. The molecule has 35 heavy (non-hydrogen) atoms. The van der Waals surface area contributed by atoms with E-state index in [1.807, 2.05) is 60.0 Å². The fraction of sp³-hybridized carbons (Fsp3) is 0.120. The lowest BCUT2D eigenvalue weighted by Gasteiger charge is -2.09. The second kappa shape index (κ2) is 9.82. The molecular formula is C25H20N4O5S. The predicted molar refractivity (Wildman–Crippen MR) is 132 cm³/mol. The van der Waals surface area contributed by atoms with Crippen LogP contribution in [0.4, 0.5) is 5.69 Å². The molecule has 0 bridgehead atoms. The lowest BCUT2D eigenvalue weighted by Crippen LogP contribution is -2.13. The number of methoxy groups -OCH3 is 1. The first-order valence-corrected chi connectivity index (χ1v) is 11.5. The lowest BCUT2D eigenvalue weighted by molar-refractivity contribution is -0.385. The van der Waals surface area contributed by atoms with Gasteiger partial charge in [0.1, 0.15) is 5.75 Å². The molecule has 9 nitrogen and oxygen atoms in total. The maximum absolute atomic E-state index is 11.7. The zero-order valence-electron chi connectivity index (χ0n) is 18.7. The Labute approximate surface area is 204 Å². The highest BCUT2D eigenvalue weighted by atomic mass is 32.1. The first-order chi connectivity index (χ1) is 17.1. The molecule has 0 atom stereocenters. The van der Waals surface area contributed by atoms with E-state index < -0.39 is 4.92 Å². The molecule has 0 amide bonds. The molecule has 10 heteroatoms. The molecule has 1 aliphatic heterocycles. The quantitative estimate of drug-likeness (QED) is 0.210. The van der Waals surface area contributed by atoms with E-state index in [9.17, 15) is 10.1 Å². The Balaban J connectivity index is 1.62. The average molecular weight is 489 g/mol. The highest BCUT2D eigenvalue weighted by Gasteiger charge is 2.23. The number of fused-ring (bicyclic) bond motifs is 1. The van der Waals surface area contributed by atoms with Gasteiger partial charge in [-0.3, -0.25) is 15.1 Å². The van der Waals surface area contributed by atoms with Crippen LogP contribution < -0.4 is 19.0 Å². The zero-order valence-corrected chi connectivity index (χ0v) is 19.5. The lowest BCUT2D eigenvalue weighted by atomic mass is 10.1. The van der Waals surface area contributed by atoms with Gasteiger partial charge in [-0.15, -0.1) is 11.3 Å². The van der Waals surface area contributed by atoms with Crippen LogP contribution in [0.25, 0.3) is 11.3 Å². The van der Waals surface area contributed by atoms with Crippen LogP contribution in [0.5, 0.6) is 17.2 Å².